The van der Waals surface area contributed by atoms with Crippen molar-refractivity contribution in [2.75, 3.05) is 0 Å². The van der Waals surface area contributed by atoms with Crippen molar-refractivity contribution in [2.24, 2.45) is 0 Å². The lowest BCUT2D eigenvalue weighted by molar-refractivity contribution is 0.0831. The van der Waals surface area contributed by atoms with Crippen LogP contribution in [-0.4, -0.2) is 16.0 Å². The van der Waals surface area contributed by atoms with Crippen molar-refractivity contribution in [3.63, 3.8) is 0 Å². The first kappa shape index (κ1) is 20.5. The Bertz CT molecular complexity index is 1140. The number of aryl methyl sites for hydroxylation is 1. The predicted octanol–water partition coefficient (Wildman–Crippen LogP) is 5.26. The summed E-state index contributed by atoms with van der Waals surface area (Å²) in [6.07, 6.45) is 2.72. The summed E-state index contributed by atoms with van der Waals surface area (Å²) in [6, 6.07) is 27.8. The van der Waals surface area contributed by atoms with E-state index in [-0.39, 0.29) is 5.91 Å². The molecule has 154 valence electrons. The van der Waals surface area contributed by atoms with Crippen molar-refractivity contribution in [3.8, 4) is 11.1 Å². The number of aromatic nitrogens is 1. The molecule has 4 rings (SSSR count). The number of rotatable bonds is 6. The molecule has 4 nitrogen and oxygen atoms in total. The molecule has 3 aromatic carbocycles. The van der Waals surface area contributed by atoms with Crippen LogP contribution in [0.25, 0.3) is 11.1 Å². The molecular weight excluding hydrogens is 384 g/mol. The zero-order chi connectivity index (χ0) is 21.6. The molecule has 1 heterocycles. The van der Waals surface area contributed by atoms with Crippen molar-refractivity contribution >= 4 is 5.91 Å². The quantitative estimate of drug-likeness (QED) is 0.457. The fourth-order valence-electron chi connectivity index (χ4n) is 3.67. The van der Waals surface area contributed by atoms with Gasteiger partial charge in [-0.1, -0.05) is 72.8 Å². The maximum atomic E-state index is 13.0. The van der Waals surface area contributed by atoms with Gasteiger partial charge in [0.05, 0.1) is 6.04 Å². The second-order valence-electron chi connectivity index (χ2n) is 7.49. The number of nitrogens with one attached hydrogen (secondary N) is 1. The first-order valence-electron chi connectivity index (χ1n) is 10.2. The molecule has 4 aromatic rings. The molecule has 1 aromatic heterocycles. The molecule has 2 atom stereocenters. The number of hydrogen-bond acceptors (Lipinski definition) is 3. The Hall–Kier alpha value is -3.76. The SMILES string of the molecule is Cc1cnccc1-c1ccc(C(=O)N[C@H](c2ccccc2)[C@@H](O)c2ccccc2)cc1. The van der Waals surface area contributed by atoms with E-state index in [0.717, 1.165) is 27.8 Å². The number of hydrogen-bond donors (Lipinski definition) is 2. The summed E-state index contributed by atoms with van der Waals surface area (Å²) in [7, 11) is 0. The molecule has 1 amide bonds. The third kappa shape index (κ3) is 4.71. The van der Waals surface area contributed by atoms with Crippen molar-refractivity contribution in [2.45, 2.75) is 19.1 Å². The van der Waals surface area contributed by atoms with E-state index in [9.17, 15) is 9.90 Å². The van der Waals surface area contributed by atoms with Crippen LogP contribution in [0.2, 0.25) is 0 Å². The number of carbonyl (C=O) groups is 1. The zero-order valence-corrected chi connectivity index (χ0v) is 17.3. The highest BCUT2D eigenvalue weighted by Gasteiger charge is 2.25. The molecular formula is C27H24N2O2. The molecule has 0 fully saturated rings. The standard InChI is InChI=1S/C27H24N2O2/c1-19-18-28-17-16-24(19)20-12-14-23(15-13-20)27(31)29-25(21-8-4-2-5-9-21)26(30)22-10-6-3-7-11-22/h2-18,25-26,30H,1H3,(H,29,31)/t25-,26+/m1/s1. The van der Waals surface area contributed by atoms with E-state index in [0.29, 0.717) is 5.56 Å². The summed E-state index contributed by atoms with van der Waals surface area (Å²) in [6.45, 7) is 2.01. The molecule has 0 aliphatic heterocycles. The smallest absolute Gasteiger partial charge is 0.251 e. The van der Waals surface area contributed by atoms with Crippen LogP contribution in [0, 0.1) is 6.92 Å². The molecule has 0 spiro atoms. The number of aliphatic hydroxyl groups is 1. The first-order valence-corrected chi connectivity index (χ1v) is 10.2. The van der Waals surface area contributed by atoms with E-state index in [1.807, 2.05) is 104 Å². The Balaban J connectivity index is 1.58. The predicted molar refractivity (Wildman–Crippen MR) is 122 cm³/mol. The van der Waals surface area contributed by atoms with Crippen molar-refractivity contribution < 1.29 is 9.90 Å². The van der Waals surface area contributed by atoms with E-state index in [2.05, 4.69) is 10.3 Å². The third-order valence-electron chi connectivity index (χ3n) is 5.38. The van der Waals surface area contributed by atoms with Crippen molar-refractivity contribution in [3.05, 3.63) is 126 Å². The third-order valence-corrected chi connectivity index (χ3v) is 5.38. The zero-order valence-electron chi connectivity index (χ0n) is 17.3. The van der Waals surface area contributed by atoms with E-state index in [1.165, 1.54) is 0 Å². The number of benzene rings is 3. The van der Waals surface area contributed by atoms with Crippen LogP contribution in [0.4, 0.5) is 0 Å². The Morgan fingerprint density at radius 2 is 1.45 bits per heavy atom. The Morgan fingerprint density at radius 1 is 0.839 bits per heavy atom. The average molecular weight is 409 g/mol. The minimum absolute atomic E-state index is 0.234. The maximum absolute atomic E-state index is 13.0. The van der Waals surface area contributed by atoms with Crippen LogP contribution < -0.4 is 5.32 Å². The molecule has 31 heavy (non-hydrogen) atoms. The van der Waals surface area contributed by atoms with Crippen LogP contribution in [0.5, 0.6) is 0 Å². The normalized spacial score (nSPS) is 12.7. The number of nitrogens with zero attached hydrogens (tertiary/aromatic N) is 1. The molecule has 0 aliphatic rings. The minimum atomic E-state index is -0.869. The van der Waals surface area contributed by atoms with Gasteiger partial charge in [0.2, 0.25) is 0 Å². The summed E-state index contributed by atoms with van der Waals surface area (Å²) in [5.74, 6) is -0.234. The second kappa shape index (κ2) is 9.37. The number of carbonyl (C=O) groups excluding carboxylic acids is 1. The van der Waals surface area contributed by atoms with Crippen LogP contribution in [0.3, 0.4) is 0 Å². The summed E-state index contributed by atoms with van der Waals surface area (Å²) in [5.41, 5.74) is 5.33. The number of pyridine rings is 1. The summed E-state index contributed by atoms with van der Waals surface area (Å²) >= 11 is 0. The molecule has 0 unspecified atom stereocenters. The molecule has 0 saturated carbocycles. The molecule has 0 aliphatic carbocycles. The Labute approximate surface area is 182 Å². The summed E-state index contributed by atoms with van der Waals surface area (Å²) in [5, 5.41) is 14.1. The van der Waals surface area contributed by atoms with Gasteiger partial charge in [-0.3, -0.25) is 9.78 Å². The Morgan fingerprint density at radius 3 is 2.06 bits per heavy atom. The van der Waals surface area contributed by atoms with Gasteiger partial charge in [-0.25, -0.2) is 0 Å². The fraction of sp³-hybridized carbons (Fsp3) is 0.111. The first-order chi connectivity index (χ1) is 15.1. The van der Waals surface area contributed by atoms with Crippen LogP contribution >= 0.6 is 0 Å². The van der Waals surface area contributed by atoms with Gasteiger partial charge in [0.25, 0.3) is 5.91 Å². The highest BCUT2D eigenvalue weighted by atomic mass is 16.3. The Kier molecular flexibility index (Phi) is 6.20. The molecule has 0 radical (unpaired) electrons. The van der Waals surface area contributed by atoms with Gasteiger partial charge in [-0.15, -0.1) is 0 Å². The molecule has 2 N–H and O–H groups in total. The van der Waals surface area contributed by atoms with Gasteiger partial charge in [0.1, 0.15) is 6.10 Å². The van der Waals surface area contributed by atoms with Crippen molar-refractivity contribution in [1.82, 2.24) is 10.3 Å². The number of amides is 1. The van der Waals surface area contributed by atoms with E-state index in [4.69, 9.17) is 0 Å². The van der Waals surface area contributed by atoms with E-state index >= 15 is 0 Å². The lowest BCUT2D eigenvalue weighted by Crippen LogP contribution is -2.32. The van der Waals surface area contributed by atoms with E-state index in [1.54, 1.807) is 6.20 Å². The van der Waals surface area contributed by atoms with Gasteiger partial charge in [0, 0.05) is 18.0 Å². The maximum Gasteiger partial charge on any atom is 0.251 e. The van der Waals surface area contributed by atoms with Gasteiger partial charge in [-0.2, -0.15) is 0 Å². The molecule has 0 bridgehead atoms. The molecule has 0 saturated heterocycles. The number of aliphatic hydroxyl groups excluding tert-OH is 1. The minimum Gasteiger partial charge on any atom is -0.386 e. The summed E-state index contributed by atoms with van der Waals surface area (Å²) < 4.78 is 0. The van der Waals surface area contributed by atoms with Crippen LogP contribution in [-0.2, 0) is 0 Å². The van der Waals surface area contributed by atoms with Crippen LogP contribution in [0.15, 0.2) is 103 Å². The van der Waals surface area contributed by atoms with E-state index < -0.39 is 12.1 Å². The van der Waals surface area contributed by atoms with Gasteiger partial charge in [0.15, 0.2) is 0 Å². The van der Waals surface area contributed by atoms with Crippen molar-refractivity contribution in [1.29, 1.82) is 0 Å². The lowest BCUT2D eigenvalue weighted by atomic mass is 9.95. The highest BCUT2D eigenvalue weighted by Crippen LogP contribution is 2.29. The lowest BCUT2D eigenvalue weighted by Gasteiger charge is -2.25. The summed E-state index contributed by atoms with van der Waals surface area (Å²) in [4.78, 5) is 17.2. The largest absolute Gasteiger partial charge is 0.386 e. The topological polar surface area (TPSA) is 62.2 Å². The second-order valence-corrected chi connectivity index (χ2v) is 7.49. The van der Waals surface area contributed by atoms with Gasteiger partial charge in [-0.05, 0) is 52.9 Å². The van der Waals surface area contributed by atoms with Gasteiger partial charge < -0.3 is 10.4 Å². The molecule has 4 heteroatoms. The monoisotopic (exact) mass is 408 g/mol. The average Bonchev–Trinajstić information content (AvgIpc) is 2.83. The highest BCUT2D eigenvalue weighted by molar-refractivity contribution is 5.95. The van der Waals surface area contributed by atoms with Gasteiger partial charge >= 0.3 is 0 Å². The van der Waals surface area contributed by atoms with Crippen LogP contribution in [0.1, 0.15) is 39.2 Å². The fourth-order valence-corrected chi connectivity index (χ4v) is 3.67.